The molecular formula is C19H27IN4O2. The quantitative estimate of drug-likeness (QED) is 0.283. The van der Waals surface area contributed by atoms with E-state index in [1.165, 1.54) is 17.4 Å². The molecule has 7 heteroatoms. The normalized spacial score (nSPS) is 10.8. The molecule has 2 aromatic rings. The predicted octanol–water partition coefficient (Wildman–Crippen LogP) is 2.90. The zero-order valence-corrected chi connectivity index (χ0v) is 17.8. The molecule has 2 N–H and O–H groups in total. The maximum atomic E-state index is 11.8. The third-order valence-electron chi connectivity index (χ3n) is 3.86. The molecule has 0 saturated heterocycles. The van der Waals surface area contributed by atoms with E-state index in [4.69, 9.17) is 4.42 Å². The maximum Gasteiger partial charge on any atom is 0.287 e. The van der Waals surface area contributed by atoms with Crippen LogP contribution in [-0.4, -0.2) is 44.0 Å². The number of carbonyl (C=O) groups is 1. The minimum Gasteiger partial charge on any atom is -0.459 e. The summed E-state index contributed by atoms with van der Waals surface area (Å²) < 4.78 is 5.05. The van der Waals surface area contributed by atoms with E-state index < -0.39 is 0 Å². The van der Waals surface area contributed by atoms with Crippen LogP contribution in [-0.2, 0) is 13.0 Å². The Labute approximate surface area is 172 Å². The Morgan fingerprint density at radius 2 is 1.77 bits per heavy atom. The summed E-state index contributed by atoms with van der Waals surface area (Å²) in [6.45, 7) is 3.98. The fraction of sp³-hybridized carbons (Fsp3) is 0.368. The van der Waals surface area contributed by atoms with Gasteiger partial charge in [0.15, 0.2) is 11.7 Å². The molecule has 0 radical (unpaired) electrons. The summed E-state index contributed by atoms with van der Waals surface area (Å²) in [6, 6.07) is 11.9. The van der Waals surface area contributed by atoms with Gasteiger partial charge in [-0.3, -0.25) is 9.79 Å². The average molecular weight is 470 g/mol. The van der Waals surface area contributed by atoms with Gasteiger partial charge >= 0.3 is 0 Å². The van der Waals surface area contributed by atoms with Gasteiger partial charge in [0.2, 0.25) is 0 Å². The first kappa shape index (κ1) is 22.0. The Morgan fingerprint density at radius 3 is 2.35 bits per heavy atom. The molecule has 0 bridgehead atoms. The minimum absolute atomic E-state index is 0. The number of carbonyl (C=O) groups excluding carboxylic acids is 1. The molecule has 1 aromatic carbocycles. The standard InChI is InChI=1S/C19H26N4O2.HI/c1-4-15-7-9-16(10-8-15)14-23(3)19(20-2)22-12-11-21-18(24)17-6-5-13-25-17;/h5-10,13H,4,11-12,14H2,1-3H3,(H,20,22)(H,21,24);1H. The van der Waals surface area contributed by atoms with Crippen molar-refractivity contribution in [2.45, 2.75) is 19.9 Å². The van der Waals surface area contributed by atoms with Crippen LogP contribution in [0.25, 0.3) is 0 Å². The first-order valence-electron chi connectivity index (χ1n) is 8.45. The van der Waals surface area contributed by atoms with Gasteiger partial charge in [0.1, 0.15) is 0 Å². The Kier molecular flexibility index (Phi) is 9.79. The second kappa shape index (κ2) is 11.6. The highest BCUT2D eigenvalue weighted by Gasteiger charge is 2.09. The lowest BCUT2D eigenvalue weighted by Gasteiger charge is -2.22. The molecule has 1 amide bonds. The van der Waals surface area contributed by atoms with Crippen LogP contribution in [0.5, 0.6) is 0 Å². The van der Waals surface area contributed by atoms with E-state index in [1.54, 1.807) is 19.2 Å². The van der Waals surface area contributed by atoms with Crippen molar-refractivity contribution in [1.82, 2.24) is 15.5 Å². The van der Waals surface area contributed by atoms with Crippen molar-refractivity contribution in [3.63, 3.8) is 0 Å². The molecule has 26 heavy (non-hydrogen) atoms. The van der Waals surface area contributed by atoms with Crippen LogP contribution in [0.15, 0.2) is 52.1 Å². The summed E-state index contributed by atoms with van der Waals surface area (Å²) >= 11 is 0. The van der Waals surface area contributed by atoms with E-state index in [0.717, 1.165) is 18.9 Å². The van der Waals surface area contributed by atoms with E-state index in [0.29, 0.717) is 18.8 Å². The highest BCUT2D eigenvalue weighted by molar-refractivity contribution is 14.0. The van der Waals surface area contributed by atoms with Crippen molar-refractivity contribution in [3.8, 4) is 0 Å². The van der Waals surface area contributed by atoms with Crippen molar-refractivity contribution >= 4 is 35.8 Å². The van der Waals surface area contributed by atoms with Crippen molar-refractivity contribution in [2.24, 2.45) is 4.99 Å². The lowest BCUT2D eigenvalue weighted by Crippen LogP contribution is -2.42. The fourth-order valence-electron chi connectivity index (χ4n) is 2.46. The average Bonchev–Trinajstić information content (AvgIpc) is 3.17. The summed E-state index contributed by atoms with van der Waals surface area (Å²) in [5, 5.41) is 6.04. The van der Waals surface area contributed by atoms with Gasteiger partial charge < -0.3 is 20.0 Å². The maximum absolute atomic E-state index is 11.8. The number of aryl methyl sites for hydroxylation is 1. The fourth-order valence-corrected chi connectivity index (χ4v) is 2.46. The van der Waals surface area contributed by atoms with E-state index in [2.05, 4.69) is 51.7 Å². The minimum atomic E-state index is -0.217. The van der Waals surface area contributed by atoms with Crippen molar-refractivity contribution < 1.29 is 9.21 Å². The van der Waals surface area contributed by atoms with Crippen molar-refractivity contribution in [2.75, 3.05) is 27.2 Å². The number of benzene rings is 1. The summed E-state index contributed by atoms with van der Waals surface area (Å²) in [5.74, 6) is 0.884. The van der Waals surface area contributed by atoms with Gasteiger partial charge in [0.05, 0.1) is 6.26 Å². The highest BCUT2D eigenvalue weighted by atomic mass is 127. The number of nitrogens with zero attached hydrogens (tertiary/aromatic N) is 2. The zero-order chi connectivity index (χ0) is 18.1. The van der Waals surface area contributed by atoms with Crippen LogP contribution >= 0.6 is 24.0 Å². The smallest absolute Gasteiger partial charge is 0.287 e. The number of hydrogen-bond acceptors (Lipinski definition) is 3. The Morgan fingerprint density at radius 1 is 1.12 bits per heavy atom. The molecule has 0 unspecified atom stereocenters. The summed E-state index contributed by atoms with van der Waals surface area (Å²) in [5.41, 5.74) is 2.56. The van der Waals surface area contributed by atoms with Gasteiger partial charge in [-0.05, 0) is 29.7 Å². The van der Waals surface area contributed by atoms with E-state index in [-0.39, 0.29) is 29.9 Å². The Bertz CT molecular complexity index is 684. The van der Waals surface area contributed by atoms with Crippen molar-refractivity contribution in [1.29, 1.82) is 0 Å². The predicted molar refractivity (Wildman–Crippen MR) is 115 cm³/mol. The number of rotatable bonds is 7. The molecular weight excluding hydrogens is 443 g/mol. The van der Waals surface area contributed by atoms with Crippen LogP contribution < -0.4 is 10.6 Å². The molecule has 2 rings (SSSR count). The zero-order valence-electron chi connectivity index (χ0n) is 15.5. The summed E-state index contributed by atoms with van der Waals surface area (Å²) in [7, 11) is 3.74. The van der Waals surface area contributed by atoms with Gasteiger partial charge in [0.25, 0.3) is 5.91 Å². The van der Waals surface area contributed by atoms with E-state index in [1.807, 2.05) is 7.05 Å². The largest absolute Gasteiger partial charge is 0.459 e. The third kappa shape index (κ3) is 6.70. The molecule has 6 nitrogen and oxygen atoms in total. The molecule has 0 aliphatic carbocycles. The van der Waals surface area contributed by atoms with Crippen LogP contribution in [0, 0.1) is 0 Å². The third-order valence-corrected chi connectivity index (χ3v) is 3.86. The van der Waals surface area contributed by atoms with Crippen LogP contribution in [0.2, 0.25) is 0 Å². The number of amides is 1. The molecule has 142 valence electrons. The first-order valence-corrected chi connectivity index (χ1v) is 8.45. The number of halogens is 1. The number of aliphatic imine (C=N–C) groups is 1. The highest BCUT2D eigenvalue weighted by Crippen LogP contribution is 2.07. The first-order chi connectivity index (χ1) is 12.1. The molecule has 0 aliphatic rings. The SMILES string of the molecule is CCc1ccc(CN(C)C(=NC)NCCNC(=O)c2ccco2)cc1.I. The second-order valence-corrected chi connectivity index (χ2v) is 5.73. The van der Waals surface area contributed by atoms with Crippen LogP contribution in [0.3, 0.4) is 0 Å². The molecule has 0 saturated carbocycles. The molecule has 0 atom stereocenters. The van der Waals surface area contributed by atoms with Gasteiger partial charge in [0, 0.05) is 33.7 Å². The van der Waals surface area contributed by atoms with E-state index >= 15 is 0 Å². The van der Waals surface area contributed by atoms with Gasteiger partial charge in [-0.2, -0.15) is 0 Å². The van der Waals surface area contributed by atoms with Crippen LogP contribution in [0.1, 0.15) is 28.6 Å². The lowest BCUT2D eigenvalue weighted by molar-refractivity contribution is 0.0926. The molecule has 0 spiro atoms. The second-order valence-electron chi connectivity index (χ2n) is 5.73. The van der Waals surface area contributed by atoms with Gasteiger partial charge in [-0.15, -0.1) is 24.0 Å². The molecule has 0 aliphatic heterocycles. The summed E-state index contributed by atoms with van der Waals surface area (Å²) in [6.07, 6.45) is 2.53. The monoisotopic (exact) mass is 470 g/mol. The number of furan rings is 1. The summed E-state index contributed by atoms with van der Waals surface area (Å²) in [4.78, 5) is 18.1. The number of nitrogens with one attached hydrogen (secondary N) is 2. The Balaban J connectivity index is 0.00000338. The lowest BCUT2D eigenvalue weighted by atomic mass is 10.1. The molecule has 1 heterocycles. The van der Waals surface area contributed by atoms with Gasteiger partial charge in [-0.1, -0.05) is 31.2 Å². The van der Waals surface area contributed by atoms with Gasteiger partial charge in [-0.25, -0.2) is 0 Å². The van der Waals surface area contributed by atoms with E-state index in [9.17, 15) is 4.79 Å². The Hall–Kier alpha value is -2.03. The number of hydrogen-bond donors (Lipinski definition) is 2. The number of guanidine groups is 1. The van der Waals surface area contributed by atoms with Crippen molar-refractivity contribution in [3.05, 3.63) is 59.5 Å². The van der Waals surface area contributed by atoms with Crippen LogP contribution in [0.4, 0.5) is 0 Å². The topological polar surface area (TPSA) is 69.9 Å². The molecule has 0 fully saturated rings. The molecule has 1 aromatic heterocycles.